The van der Waals surface area contributed by atoms with Crippen LogP contribution in [-0.2, 0) is 4.79 Å². The first-order chi connectivity index (χ1) is 17.9. The van der Waals surface area contributed by atoms with E-state index in [1.807, 2.05) is 6.92 Å². The summed E-state index contributed by atoms with van der Waals surface area (Å²) in [6.45, 7) is 6.07. The fraction of sp³-hybridized carbons (Fsp3) is 0.538. The van der Waals surface area contributed by atoms with E-state index in [0.717, 1.165) is 32.4 Å². The highest BCUT2D eigenvalue weighted by atomic mass is 16.5. The summed E-state index contributed by atoms with van der Waals surface area (Å²) in [7, 11) is 5.06. The van der Waals surface area contributed by atoms with Gasteiger partial charge in [-0.1, -0.05) is 13.8 Å². The average Bonchev–Trinajstić information content (AvgIpc) is 2.93. The zero-order valence-electron chi connectivity index (χ0n) is 22.3. The Morgan fingerprint density at radius 1 is 1.27 bits per heavy atom. The van der Waals surface area contributed by atoms with Crippen molar-refractivity contribution >= 4 is 35.0 Å². The Morgan fingerprint density at radius 3 is 2.68 bits per heavy atom. The van der Waals surface area contributed by atoms with Gasteiger partial charge < -0.3 is 25.6 Å². The van der Waals surface area contributed by atoms with Crippen LogP contribution in [0.2, 0.25) is 0 Å². The summed E-state index contributed by atoms with van der Waals surface area (Å²) in [6, 6.07) is 5.07. The van der Waals surface area contributed by atoms with Crippen LogP contribution in [0.4, 0.5) is 23.1 Å². The lowest BCUT2D eigenvalue weighted by atomic mass is 9.88. The number of hydrazine groups is 1. The number of ether oxygens (including phenoxy) is 1. The number of fused-ring (bicyclic) bond motifs is 1. The maximum Gasteiger partial charge on any atom is 0.251 e. The van der Waals surface area contributed by atoms with Gasteiger partial charge in [-0.25, -0.2) is 10.4 Å². The molecular weight excluding hydrogens is 472 g/mol. The van der Waals surface area contributed by atoms with Crippen LogP contribution in [0.25, 0.3) is 0 Å². The van der Waals surface area contributed by atoms with Gasteiger partial charge in [0.2, 0.25) is 5.95 Å². The van der Waals surface area contributed by atoms with Gasteiger partial charge in [0.1, 0.15) is 17.5 Å². The Labute approximate surface area is 218 Å². The van der Waals surface area contributed by atoms with Crippen molar-refractivity contribution < 1.29 is 14.3 Å². The Kier molecular flexibility index (Phi) is 8.45. The highest BCUT2D eigenvalue weighted by Gasteiger charge is 2.36. The monoisotopic (exact) mass is 510 g/mol. The predicted octanol–water partition coefficient (Wildman–Crippen LogP) is 2.43. The number of carbonyl (C=O) groups is 2. The van der Waals surface area contributed by atoms with E-state index in [0.29, 0.717) is 46.8 Å². The molecule has 2 aliphatic heterocycles. The molecule has 11 nitrogen and oxygen atoms in total. The molecule has 37 heavy (non-hydrogen) atoms. The van der Waals surface area contributed by atoms with Crippen LogP contribution in [0.15, 0.2) is 24.4 Å². The van der Waals surface area contributed by atoms with Crippen molar-refractivity contribution in [3.8, 4) is 5.75 Å². The molecule has 11 heteroatoms. The number of methoxy groups -OCH3 is 1. The molecule has 2 atom stereocenters. The summed E-state index contributed by atoms with van der Waals surface area (Å²) in [5.41, 5.74) is 4.87. The zero-order chi connectivity index (χ0) is 26.5. The lowest BCUT2D eigenvalue weighted by Crippen LogP contribution is -2.56. The van der Waals surface area contributed by atoms with Gasteiger partial charge in [0, 0.05) is 25.7 Å². The van der Waals surface area contributed by atoms with Crippen molar-refractivity contribution in [2.24, 2.45) is 5.92 Å². The first-order valence-corrected chi connectivity index (χ1v) is 13.0. The van der Waals surface area contributed by atoms with Gasteiger partial charge in [-0.2, -0.15) is 4.98 Å². The normalized spacial score (nSPS) is 18.8. The fourth-order valence-corrected chi connectivity index (χ4v) is 5.17. The maximum absolute atomic E-state index is 13.1. The molecule has 4 N–H and O–H groups in total. The SMILES string of the molecule is CCC(NC(=O)c1ccc(Nc2ncc3c(n2)N(NC)C(CC)C(=O)N3C)c(OC)c1)C1CCNCC1. The van der Waals surface area contributed by atoms with Crippen molar-refractivity contribution in [1.82, 2.24) is 26.0 Å². The molecule has 2 amide bonds. The van der Waals surface area contributed by atoms with Gasteiger partial charge in [0.05, 0.1) is 19.0 Å². The number of piperidine rings is 1. The lowest BCUT2D eigenvalue weighted by molar-refractivity contribution is -0.120. The summed E-state index contributed by atoms with van der Waals surface area (Å²) >= 11 is 0. The third-order valence-electron chi connectivity index (χ3n) is 7.31. The highest BCUT2D eigenvalue weighted by molar-refractivity contribution is 6.04. The van der Waals surface area contributed by atoms with E-state index >= 15 is 0 Å². The number of benzene rings is 1. The highest BCUT2D eigenvalue weighted by Crippen LogP contribution is 2.35. The van der Waals surface area contributed by atoms with E-state index < -0.39 is 0 Å². The number of likely N-dealkylation sites (N-methyl/N-ethyl adjacent to an activating group) is 1. The van der Waals surface area contributed by atoms with Crippen LogP contribution in [-0.4, -0.2) is 68.2 Å². The van der Waals surface area contributed by atoms with Crippen molar-refractivity contribution in [3.05, 3.63) is 30.0 Å². The molecule has 2 aromatic rings. The van der Waals surface area contributed by atoms with E-state index in [9.17, 15) is 9.59 Å². The summed E-state index contributed by atoms with van der Waals surface area (Å²) in [4.78, 5) is 36.5. The molecule has 0 spiro atoms. The lowest BCUT2D eigenvalue weighted by Gasteiger charge is -2.39. The molecule has 0 radical (unpaired) electrons. The molecule has 2 unspecified atom stereocenters. The maximum atomic E-state index is 13.1. The van der Waals surface area contributed by atoms with E-state index in [1.54, 1.807) is 55.5 Å². The topological polar surface area (TPSA) is 124 Å². The molecule has 1 saturated heterocycles. The number of anilines is 4. The van der Waals surface area contributed by atoms with Crippen LogP contribution in [0.5, 0.6) is 5.75 Å². The second kappa shape index (κ2) is 11.7. The minimum absolute atomic E-state index is 0.0188. The molecule has 4 rings (SSSR count). The Morgan fingerprint density at radius 2 is 2.03 bits per heavy atom. The van der Waals surface area contributed by atoms with Crippen LogP contribution < -0.4 is 36.0 Å². The van der Waals surface area contributed by atoms with Gasteiger partial charge in [0.15, 0.2) is 5.82 Å². The Balaban J connectivity index is 1.53. The summed E-state index contributed by atoms with van der Waals surface area (Å²) < 4.78 is 5.59. The van der Waals surface area contributed by atoms with Gasteiger partial charge in [-0.05, 0) is 62.9 Å². The van der Waals surface area contributed by atoms with Crippen molar-refractivity contribution in [2.45, 2.75) is 51.6 Å². The quantitative estimate of drug-likeness (QED) is 0.403. The van der Waals surface area contributed by atoms with Gasteiger partial charge in [-0.3, -0.25) is 14.6 Å². The zero-order valence-corrected chi connectivity index (χ0v) is 22.3. The number of nitrogens with zero attached hydrogens (tertiary/aromatic N) is 4. The number of hydrogen-bond donors (Lipinski definition) is 4. The van der Waals surface area contributed by atoms with Crippen molar-refractivity contribution in [1.29, 1.82) is 0 Å². The first-order valence-electron chi connectivity index (χ1n) is 13.0. The largest absolute Gasteiger partial charge is 0.495 e. The predicted molar refractivity (Wildman–Crippen MR) is 144 cm³/mol. The number of hydrogen-bond acceptors (Lipinski definition) is 9. The number of nitrogens with one attached hydrogen (secondary N) is 4. The molecule has 0 aliphatic carbocycles. The van der Waals surface area contributed by atoms with Crippen LogP contribution in [0.1, 0.15) is 49.9 Å². The van der Waals surface area contributed by atoms with E-state index in [4.69, 9.17) is 4.74 Å². The van der Waals surface area contributed by atoms with Crippen molar-refractivity contribution in [3.63, 3.8) is 0 Å². The molecule has 0 bridgehead atoms. The van der Waals surface area contributed by atoms with Gasteiger partial charge in [-0.15, -0.1) is 0 Å². The number of carbonyl (C=O) groups excluding carboxylic acids is 2. The summed E-state index contributed by atoms with van der Waals surface area (Å²) in [5, 5.41) is 11.6. The van der Waals surface area contributed by atoms with E-state index in [-0.39, 0.29) is 23.9 Å². The van der Waals surface area contributed by atoms with Crippen LogP contribution >= 0.6 is 0 Å². The standard InChI is InChI=1S/C26H38N8O3/c1-6-18(16-10-12-28-13-11-16)30-24(35)17-8-9-19(22(14-17)37-5)31-26-29-15-21-23(32-26)34(27-3)20(7-2)25(36)33(21)4/h8-9,14-16,18,20,27-28H,6-7,10-13H2,1-5H3,(H,30,35)(H,29,31,32). The van der Waals surface area contributed by atoms with Crippen LogP contribution in [0.3, 0.4) is 0 Å². The number of amides is 2. The van der Waals surface area contributed by atoms with E-state index in [1.165, 1.54) is 0 Å². The first kappa shape index (κ1) is 26.6. The summed E-state index contributed by atoms with van der Waals surface area (Å²) in [5.74, 6) is 1.82. The number of rotatable bonds is 9. The molecule has 1 fully saturated rings. The Bertz CT molecular complexity index is 1120. The minimum atomic E-state index is -0.366. The molecule has 2 aliphatic rings. The second-order valence-electron chi connectivity index (χ2n) is 9.43. The average molecular weight is 511 g/mol. The van der Waals surface area contributed by atoms with Gasteiger partial charge >= 0.3 is 0 Å². The Hall–Kier alpha value is -3.44. The fourth-order valence-electron chi connectivity index (χ4n) is 5.17. The second-order valence-corrected chi connectivity index (χ2v) is 9.43. The molecular formula is C26H38N8O3. The van der Waals surface area contributed by atoms with Crippen LogP contribution in [0, 0.1) is 5.92 Å². The molecule has 3 heterocycles. The number of aromatic nitrogens is 2. The smallest absolute Gasteiger partial charge is 0.251 e. The molecule has 1 aromatic heterocycles. The van der Waals surface area contributed by atoms with Gasteiger partial charge in [0.25, 0.3) is 11.8 Å². The van der Waals surface area contributed by atoms with Crippen molar-refractivity contribution in [2.75, 3.05) is 49.5 Å². The third-order valence-corrected chi connectivity index (χ3v) is 7.31. The molecule has 200 valence electrons. The summed E-state index contributed by atoms with van der Waals surface area (Å²) in [6.07, 6.45) is 5.29. The third kappa shape index (κ3) is 5.47. The molecule has 0 saturated carbocycles. The minimum Gasteiger partial charge on any atom is -0.495 e. The van der Waals surface area contributed by atoms with E-state index in [2.05, 4.69) is 38.3 Å². The molecule has 1 aromatic carbocycles.